The van der Waals surface area contributed by atoms with Crippen LogP contribution in [0.1, 0.15) is 33.9 Å². The zero-order chi connectivity index (χ0) is 26.7. The minimum absolute atomic E-state index is 0.277. The summed E-state index contributed by atoms with van der Waals surface area (Å²) < 4.78 is 24.1. The van der Waals surface area contributed by atoms with Crippen molar-refractivity contribution in [1.82, 2.24) is 14.6 Å². The molecule has 1 unspecified atom stereocenters. The topological polar surface area (TPSA) is 141 Å². The van der Waals surface area contributed by atoms with Gasteiger partial charge in [-0.1, -0.05) is 18.2 Å². The second kappa shape index (κ2) is 11.6. The SMILES string of the molecule is CC(C)OC(=O)[C@@H](C)NP(=S)(OC[C@H]1O[C@@H](n2ccc(=O)[nH]c2=O)[C@](C)(Cl)[C@@H]1O)Oc1ccccc1. The molecule has 3 N–H and O–H groups in total. The molecule has 1 saturated heterocycles. The molecule has 0 bridgehead atoms. The number of aliphatic hydroxyl groups excluding tert-OH is 1. The number of aromatic nitrogens is 2. The monoisotopic (exact) mass is 561 g/mol. The van der Waals surface area contributed by atoms with Crippen molar-refractivity contribution in [3.8, 4) is 5.75 Å². The molecule has 11 nitrogen and oxygen atoms in total. The molecule has 2 aromatic rings. The van der Waals surface area contributed by atoms with Gasteiger partial charge in [-0.05, 0) is 51.6 Å². The van der Waals surface area contributed by atoms with E-state index in [2.05, 4.69) is 10.1 Å². The number of carbonyl (C=O) groups is 1. The molecule has 2 heterocycles. The lowest BCUT2D eigenvalue weighted by atomic mass is 10.0. The molecule has 0 spiro atoms. The van der Waals surface area contributed by atoms with Crippen molar-refractivity contribution in [2.24, 2.45) is 0 Å². The number of aromatic amines is 1. The average Bonchev–Trinajstić information content (AvgIpc) is 3.01. The number of halogens is 1. The van der Waals surface area contributed by atoms with E-state index < -0.39 is 53.2 Å². The number of H-pyrrole nitrogens is 1. The van der Waals surface area contributed by atoms with Crippen molar-refractivity contribution in [3.63, 3.8) is 0 Å². The van der Waals surface area contributed by atoms with Crippen molar-refractivity contribution >= 4 is 36.0 Å². The van der Waals surface area contributed by atoms with Gasteiger partial charge in [0.05, 0.1) is 12.7 Å². The molecule has 1 aliphatic heterocycles. The number of carbonyl (C=O) groups excluding carboxylic acids is 1. The fourth-order valence-corrected chi connectivity index (χ4v) is 6.18. The maximum absolute atomic E-state index is 12.4. The van der Waals surface area contributed by atoms with Crippen LogP contribution in [0.15, 0.2) is 52.2 Å². The Bertz CT molecular complexity index is 1220. The lowest BCUT2D eigenvalue weighted by molar-refractivity contribution is -0.149. The summed E-state index contributed by atoms with van der Waals surface area (Å²) in [6, 6.07) is 8.94. The van der Waals surface area contributed by atoms with Crippen LogP contribution in [0.25, 0.3) is 0 Å². The minimum atomic E-state index is -3.39. The minimum Gasteiger partial charge on any atom is -0.462 e. The number of alkyl halides is 1. The lowest BCUT2D eigenvalue weighted by Crippen LogP contribution is -2.43. The second-order valence-corrected chi connectivity index (χ2v) is 12.6. The van der Waals surface area contributed by atoms with Gasteiger partial charge < -0.3 is 23.6 Å². The zero-order valence-corrected chi connectivity index (χ0v) is 22.6. The normalized spacial score (nSPS) is 26.4. The van der Waals surface area contributed by atoms with Gasteiger partial charge in [0.2, 0.25) is 0 Å². The average molecular weight is 562 g/mol. The van der Waals surface area contributed by atoms with Crippen molar-refractivity contribution < 1.29 is 28.4 Å². The Morgan fingerprint density at radius 3 is 2.58 bits per heavy atom. The zero-order valence-electron chi connectivity index (χ0n) is 20.1. The largest absolute Gasteiger partial charge is 0.462 e. The lowest BCUT2D eigenvalue weighted by Gasteiger charge is -2.28. The van der Waals surface area contributed by atoms with E-state index in [1.165, 1.54) is 13.1 Å². The van der Waals surface area contributed by atoms with Crippen LogP contribution in [0.4, 0.5) is 0 Å². The quantitative estimate of drug-likeness (QED) is 0.224. The summed E-state index contributed by atoms with van der Waals surface area (Å²) in [5, 5.41) is 13.8. The fourth-order valence-electron chi connectivity index (χ4n) is 3.47. The Morgan fingerprint density at radius 1 is 1.31 bits per heavy atom. The van der Waals surface area contributed by atoms with Crippen molar-refractivity contribution in [1.29, 1.82) is 0 Å². The molecular weight excluding hydrogens is 533 g/mol. The molecule has 6 atom stereocenters. The van der Waals surface area contributed by atoms with Crippen LogP contribution < -0.4 is 20.9 Å². The van der Waals surface area contributed by atoms with E-state index in [1.807, 2.05) is 0 Å². The number of hydrogen-bond acceptors (Lipinski definition) is 9. The summed E-state index contributed by atoms with van der Waals surface area (Å²) in [5.41, 5.74) is -1.33. The Labute approximate surface area is 217 Å². The number of nitrogens with zero attached hydrogens (tertiary/aromatic N) is 1. The summed E-state index contributed by atoms with van der Waals surface area (Å²) >= 11 is 12.2. The first-order valence-corrected chi connectivity index (χ1v) is 14.2. The van der Waals surface area contributed by atoms with Gasteiger partial charge in [-0.15, -0.1) is 11.6 Å². The molecule has 36 heavy (non-hydrogen) atoms. The Balaban J connectivity index is 1.80. The predicted octanol–water partition coefficient (Wildman–Crippen LogP) is 2.04. The summed E-state index contributed by atoms with van der Waals surface area (Å²) in [6.07, 6.45) is -2.51. The number of ether oxygens (including phenoxy) is 2. The van der Waals surface area contributed by atoms with E-state index in [1.54, 1.807) is 51.1 Å². The maximum Gasteiger partial charge on any atom is 0.330 e. The van der Waals surface area contributed by atoms with Crippen LogP contribution in [0.2, 0.25) is 0 Å². The van der Waals surface area contributed by atoms with Gasteiger partial charge in [0.25, 0.3) is 5.56 Å². The highest BCUT2D eigenvalue weighted by Gasteiger charge is 2.53. The molecule has 0 aliphatic carbocycles. The third-order valence-corrected chi connectivity index (χ3v) is 8.17. The first-order chi connectivity index (χ1) is 16.8. The summed E-state index contributed by atoms with van der Waals surface area (Å²) in [6.45, 7) is 2.85. The first-order valence-electron chi connectivity index (χ1n) is 11.1. The third-order valence-electron chi connectivity index (χ3n) is 5.26. The van der Waals surface area contributed by atoms with E-state index in [0.29, 0.717) is 5.75 Å². The smallest absolute Gasteiger partial charge is 0.330 e. The van der Waals surface area contributed by atoms with E-state index in [4.69, 9.17) is 41.9 Å². The van der Waals surface area contributed by atoms with Crippen LogP contribution in [0, 0.1) is 0 Å². The number of esters is 1. The van der Waals surface area contributed by atoms with Crippen molar-refractivity contribution in [2.45, 2.75) is 63.2 Å². The fraction of sp³-hybridized carbons (Fsp3) is 0.500. The number of nitrogens with one attached hydrogen (secondary N) is 2. The van der Waals surface area contributed by atoms with Gasteiger partial charge in [0.15, 0.2) is 6.23 Å². The van der Waals surface area contributed by atoms with E-state index in [9.17, 15) is 19.5 Å². The molecule has 0 radical (unpaired) electrons. The molecule has 0 saturated carbocycles. The van der Waals surface area contributed by atoms with Crippen molar-refractivity contribution in [2.75, 3.05) is 6.61 Å². The van der Waals surface area contributed by atoms with Crippen LogP contribution in [0.5, 0.6) is 5.75 Å². The molecule has 0 amide bonds. The summed E-state index contributed by atoms with van der Waals surface area (Å²) in [7, 11) is 0. The van der Waals surface area contributed by atoms with Gasteiger partial charge in [-0.25, -0.2) is 9.88 Å². The van der Waals surface area contributed by atoms with Gasteiger partial charge in [0, 0.05) is 12.3 Å². The van der Waals surface area contributed by atoms with E-state index >= 15 is 0 Å². The molecule has 3 rings (SSSR count). The number of para-hydroxylation sites is 1. The standard InChI is InChI=1S/C22H29ClN3O8PS/c1-13(2)32-19(29)14(3)25-35(36,34-15-8-6-5-7-9-15)31-12-16-18(28)22(4,23)20(33-16)26-11-10-17(27)24-21(26)30/h5-11,13-14,16,18,20,28H,12H2,1-4H3,(H,25,36)(H,24,27,30)/t14-,16-,18-,20-,22-,35?/m1/s1. The van der Waals surface area contributed by atoms with Crippen LogP contribution in [-0.2, 0) is 30.6 Å². The number of benzene rings is 1. The van der Waals surface area contributed by atoms with E-state index in [0.717, 1.165) is 10.6 Å². The molecule has 1 aromatic carbocycles. The van der Waals surface area contributed by atoms with Gasteiger partial charge >= 0.3 is 18.3 Å². The maximum atomic E-state index is 12.4. The molecular formula is C22H29ClN3O8PS. The van der Waals surface area contributed by atoms with Crippen LogP contribution >= 0.6 is 18.2 Å². The number of rotatable bonds is 10. The highest BCUT2D eigenvalue weighted by Crippen LogP contribution is 2.48. The third kappa shape index (κ3) is 6.83. The van der Waals surface area contributed by atoms with Crippen molar-refractivity contribution in [3.05, 3.63) is 63.4 Å². The summed E-state index contributed by atoms with van der Waals surface area (Å²) in [5.74, 6) is -0.132. The molecule has 1 fully saturated rings. The van der Waals surface area contributed by atoms with Gasteiger partial charge in [0.1, 0.15) is 28.9 Å². The number of hydrogen-bond donors (Lipinski definition) is 3. The molecule has 198 valence electrons. The second-order valence-electron chi connectivity index (χ2n) is 8.67. The first kappa shape index (κ1) is 28.5. The van der Waals surface area contributed by atoms with Gasteiger partial charge in [-0.3, -0.25) is 19.1 Å². The Morgan fingerprint density at radius 2 is 1.97 bits per heavy atom. The molecule has 1 aliphatic rings. The Hall–Kier alpha value is -2.05. The highest BCUT2D eigenvalue weighted by atomic mass is 35.5. The number of aliphatic hydroxyl groups is 1. The molecule has 1 aromatic heterocycles. The highest BCUT2D eigenvalue weighted by molar-refractivity contribution is 8.09. The Kier molecular flexibility index (Phi) is 9.16. The summed E-state index contributed by atoms with van der Waals surface area (Å²) in [4.78, 5) is 36.8. The van der Waals surface area contributed by atoms with Gasteiger partial charge in [-0.2, -0.15) is 0 Å². The predicted molar refractivity (Wildman–Crippen MR) is 137 cm³/mol. The van der Waals surface area contributed by atoms with Crippen LogP contribution in [0.3, 0.4) is 0 Å². The van der Waals surface area contributed by atoms with Crippen LogP contribution in [-0.4, -0.2) is 56.5 Å². The van der Waals surface area contributed by atoms with E-state index in [-0.39, 0.29) is 12.7 Å². The molecule has 14 heteroatoms.